The number of hydrogen-bond acceptors (Lipinski definition) is 5. The van der Waals surface area contributed by atoms with Crippen LogP contribution in [-0.4, -0.2) is 19.2 Å². The molecule has 8 nitrogen and oxygen atoms in total. The molecule has 0 radical (unpaired) electrons. The van der Waals surface area contributed by atoms with Gasteiger partial charge in [0.05, 0.1) is 21.2 Å². The zero-order chi connectivity index (χ0) is 21.0. The van der Waals surface area contributed by atoms with Crippen molar-refractivity contribution in [1.82, 2.24) is 0 Å². The van der Waals surface area contributed by atoms with Gasteiger partial charge in [-0.3, -0.25) is 19.6 Å². The first-order valence-electron chi connectivity index (χ1n) is 8.19. The fourth-order valence-corrected chi connectivity index (χ4v) is 3.63. The number of nitro groups is 1. The predicted octanol–water partition coefficient (Wildman–Crippen LogP) is 4.30. The average Bonchev–Trinajstić information content (AvgIpc) is 2.70. The Morgan fingerprint density at radius 1 is 0.897 bits per heavy atom. The monoisotopic (exact) mass is 431 g/mol. The molecule has 29 heavy (non-hydrogen) atoms. The standard InChI is InChI=1S/C19H14ClN3O5S/c20-14-7-5-13(6-8-14)19(24)21-17-3-1-2-4-18(17)22-29(27,28)16-11-9-15(10-12-16)23(25)26/h1-12,22H,(H,21,24). The van der Waals surface area contributed by atoms with Crippen molar-refractivity contribution in [1.29, 1.82) is 0 Å². The van der Waals surface area contributed by atoms with Gasteiger partial charge in [-0.1, -0.05) is 23.7 Å². The van der Waals surface area contributed by atoms with Crippen molar-refractivity contribution < 1.29 is 18.1 Å². The van der Waals surface area contributed by atoms with Crippen molar-refractivity contribution in [2.75, 3.05) is 10.0 Å². The molecule has 0 aliphatic rings. The van der Waals surface area contributed by atoms with Gasteiger partial charge in [0.1, 0.15) is 0 Å². The number of carbonyl (C=O) groups is 1. The van der Waals surface area contributed by atoms with Gasteiger partial charge in [0.2, 0.25) is 0 Å². The van der Waals surface area contributed by atoms with Gasteiger partial charge >= 0.3 is 0 Å². The second-order valence-electron chi connectivity index (χ2n) is 5.86. The molecular weight excluding hydrogens is 418 g/mol. The van der Waals surface area contributed by atoms with Gasteiger partial charge in [-0.2, -0.15) is 0 Å². The van der Waals surface area contributed by atoms with Gasteiger partial charge in [0, 0.05) is 22.7 Å². The minimum atomic E-state index is -4.03. The SMILES string of the molecule is O=C(Nc1ccccc1NS(=O)(=O)c1ccc([N+](=O)[O-])cc1)c1ccc(Cl)cc1. The Labute approximate surface area is 171 Å². The topological polar surface area (TPSA) is 118 Å². The molecular formula is C19H14ClN3O5S. The minimum absolute atomic E-state index is 0.146. The van der Waals surface area contributed by atoms with Crippen LogP contribution in [0.25, 0.3) is 0 Å². The molecule has 0 fully saturated rings. The van der Waals surface area contributed by atoms with Crippen molar-refractivity contribution in [2.24, 2.45) is 0 Å². The Balaban J connectivity index is 1.83. The van der Waals surface area contributed by atoms with Crippen LogP contribution in [0.15, 0.2) is 77.7 Å². The van der Waals surface area contributed by atoms with Crippen LogP contribution in [0.4, 0.5) is 17.1 Å². The second kappa shape index (κ2) is 8.29. The van der Waals surface area contributed by atoms with E-state index in [2.05, 4.69) is 10.0 Å². The Morgan fingerprint density at radius 2 is 1.48 bits per heavy atom. The lowest BCUT2D eigenvalue weighted by Crippen LogP contribution is -2.17. The smallest absolute Gasteiger partial charge is 0.269 e. The van der Waals surface area contributed by atoms with E-state index in [1.54, 1.807) is 42.5 Å². The summed E-state index contributed by atoms with van der Waals surface area (Å²) in [5.41, 5.74) is 0.521. The minimum Gasteiger partial charge on any atom is -0.320 e. The molecule has 3 rings (SSSR count). The van der Waals surface area contributed by atoms with Crippen LogP contribution < -0.4 is 10.0 Å². The summed E-state index contributed by atoms with van der Waals surface area (Å²) in [6, 6.07) is 17.0. The first-order chi connectivity index (χ1) is 13.8. The van der Waals surface area contributed by atoms with E-state index >= 15 is 0 Å². The maximum atomic E-state index is 12.6. The molecule has 0 spiro atoms. The Kier molecular flexibility index (Phi) is 5.81. The number of rotatable bonds is 6. The van der Waals surface area contributed by atoms with Crippen LogP contribution in [0.2, 0.25) is 5.02 Å². The summed E-state index contributed by atoms with van der Waals surface area (Å²) < 4.78 is 27.6. The van der Waals surface area contributed by atoms with Crippen LogP contribution in [0.5, 0.6) is 0 Å². The molecule has 1 amide bonds. The number of nitrogens with zero attached hydrogens (tertiary/aromatic N) is 1. The zero-order valence-corrected chi connectivity index (χ0v) is 16.3. The van der Waals surface area contributed by atoms with Crippen molar-refractivity contribution in [3.8, 4) is 0 Å². The number of nitro benzene ring substituents is 1. The summed E-state index contributed by atoms with van der Waals surface area (Å²) in [5, 5.41) is 13.9. The molecule has 3 aromatic carbocycles. The molecule has 0 saturated carbocycles. The summed E-state index contributed by atoms with van der Waals surface area (Å²) in [6.45, 7) is 0. The van der Waals surface area contributed by atoms with E-state index in [0.717, 1.165) is 24.3 Å². The quantitative estimate of drug-likeness (QED) is 0.445. The summed E-state index contributed by atoms with van der Waals surface area (Å²) in [7, 11) is -4.03. The van der Waals surface area contributed by atoms with Crippen LogP contribution in [0.3, 0.4) is 0 Å². The molecule has 148 valence electrons. The number of sulfonamides is 1. The highest BCUT2D eigenvalue weighted by atomic mass is 35.5. The molecule has 0 saturated heterocycles. The Morgan fingerprint density at radius 3 is 2.07 bits per heavy atom. The van der Waals surface area contributed by atoms with E-state index in [4.69, 9.17) is 11.6 Å². The Hall–Kier alpha value is -3.43. The molecule has 0 aliphatic carbocycles. The third-order valence-electron chi connectivity index (χ3n) is 3.88. The van der Waals surface area contributed by atoms with Crippen LogP contribution in [0, 0.1) is 10.1 Å². The lowest BCUT2D eigenvalue weighted by Gasteiger charge is -2.13. The fourth-order valence-electron chi connectivity index (χ4n) is 2.43. The first kappa shape index (κ1) is 20.3. The molecule has 2 N–H and O–H groups in total. The number of nitrogens with one attached hydrogen (secondary N) is 2. The number of para-hydroxylation sites is 2. The first-order valence-corrected chi connectivity index (χ1v) is 10.1. The molecule has 0 atom stereocenters. The van der Waals surface area contributed by atoms with Gasteiger partial charge in [-0.05, 0) is 48.5 Å². The highest BCUT2D eigenvalue weighted by molar-refractivity contribution is 7.92. The normalized spacial score (nSPS) is 10.9. The van der Waals surface area contributed by atoms with Crippen LogP contribution >= 0.6 is 11.6 Å². The van der Waals surface area contributed by atoms with Gasteiger partial charge in [-0.25, -0.2) is 8.42 Å². The highest BCUT2D eigenvalue weighted by Crippen LogP contribution is 2.26. The maximum absolute atomic E-state index is 12.6. The van der Waals surface area contributed by atoms with E-state index in [0.29, 0.717) is 10.6 Å². The molecule has 0 bridgehead atoms. The molecule has 3 aromatic rings. The number of benzene rings is 3. The number of hydrogen-bond donors (Lipinski definition) is 2. The highest BCUT2D eigenvalue weighted by Gasteiger charge is 2.18. The van der Waals surface area contributed by atoms with E-state index in [9.17, 15) is 23.3 Å². The third-order valence-corrected chi connectivity index (χ3v) is 5.52. The summed E-state index contributed by atoms with van der Waals surface area (Å²) in [5.74, 6) is -0.441. The summed E-state index contributed by atoms with van der Waals surface area (Å²) in [6.07, 6.45) is 0. The summed E-state index contributed by atoms with van der Waals surface area (Å²) in [4.78, 5) is 22.4. The third kappa shape index (κ3) is 4.89. The molecule has 0 aliphatic heterocycles. The van der Waals surface area contributed by atoms with Crippen molar-refractivity contribution >= 4 is 44.6 Å². The van der Waals surface area contributed by atoms with Gasteiger partial charge in [0.25, 0.3) is 21.6 Å². The average molecular weight is 432 g/mol. The van der Waals surface area contributed by atoms with E-state index in [1.807, 2.05) is 0 Å². The van der Waals surface area contributed by atoms with Crippen LogP contribution in [0.1, 0.15) is 10.4 Å². The van der Waals surface area contributed by atoms with Gasteiger partial charge in [-0.15, -0.1) is 0 Å². The number of carbonyl (C=O) groups excluding carboxylic acids is 1. The van der Waals surface area contributed by atoms with Crippen molar-refractivity contribution in [3.63, 3.8) is 0 Å². The van der Waals surface area contributed by atoms with Gasteiger partial charge < -0.3 is 5.32 Å². The molecule has 0 heterocycles. The van der Waals surface area contributed by atoms with Crippen LogP contribution in [-0.2, 0) is 10.0 Å². The molecule has 0 aromatic heterocycles. The van der Waals surface area contributed by atoms with E-state index in [1.165, 1.54) is 6.07 Å². The van der Waals surface area contributed by atoms with Gasteiger partial charge in [0.15, 0.2) is 0 Å². The summed E-state index contributed by atoms with van der Waals surface area (Å²) >= 11 is 5.81. The zero-order valence-electron chi connectivity index (χ0n) is 14.7. The number of anilines is 2. The number of non-ortho nitro benzene ring substituents is 1. The molecule has 10 heteroatoms. The number of amides is 1. The largest absolute Gasteiger partial charge is 0.320 e. The Bertz CT molecular complexity index is 1160. The molecule has 0 unspecified atom stereocenters. The van der Waals surface area contributed by atoms with E-state index < -0.39 is 20.9 Å². The lowest BCUT2D eigenvalue weighted by molar-refractivity contribution is -0.384. The maximum Gasteiger partial charge on any atom is 0.269 e. The van der Waals surface area contributed by atoms with Crippen molar-refractivity contribution in [3.05, 3.63) is 93.5 Å². The second-order valence-corrected chi connectivity index (χ2v) is 7.98. The lowest BCUT2D eigenvalue weighted by atomic mass is 10.2. The predicted molar refractivity (Wildman–Crippen MR) is 110 cm³/mol. The fraction of sp³-hybridized carbons (Fsp3) is 0. The van der Waals surface area contributed by atoms with Crippen molar-refractivity contribution in [2.45, 2.75) is 4.90 Å². The number of halogens is 1. The van der Waals surface area contributed by atoms with E-state index in [-0.39, 0.29) is 22.0 Å².